The van der Waals surface area contributed by atoms with Crippen LogP contribution in [0.25, 0.3) is 0 Å². The van der Waals surface area contributed by atoms with Gasteiger partial charge in [0.25, 0.3) is 0 Å². The summed E-state index contributed by atoms with van der Waals surface area (Å²) in [6, 6.07) is 22.6. The normalized spacial score (nSPS) is 11.0. The second-order valence-corrected chi connectivity index (χ2v) is 7.69. The molecule has 3 aromatic rings. The Labute approximate surface area is 199 Å². The molecule has 34 heavy (non-hydrogen) atoms. The van der Waals surface area contributed by atoms with Gasteiger partial charge in [-0.2, -0.15) is 5.26 Å². The van der Waals surface area contributed by atoms with Crippen molar-refractivity contribution < 1.29 is 19.4 Å². The molecule has 0 aliphatic rings. The van der Waals surface area contributed by atoms with Crippen LogP contribution >= 0.6 is 0 Å². The lowest BCUT2D eigenvalue weighted by Crippen LogP contribution is -2.20. The number of carbonyl (C=O) groups is 1. The van der Waals surface area contributed by atoms with E-state index >= 15 is 0 Å². The monoisotopic (exact) mass is 463 g/mol. The van der Waals surface area contributed by atoms with E-state index in [2.05, 4.69) is 10.6 Å². The third kappa shape index (κ3) is 8.93. The number of para-hydroxylation sites is 1. The van der Waals surface area contributed by atoms with Crippen molar-refractivity contribution >= 4 is 11.7 Å². The third-order valence-electron chi connectivity index (χ3n) is 5.15. The molecule has 1 unspecified atom stereocenters. The number of halogens is 1. The average Bonchev–Trinajstić information content (AvgIpc) is 2.85. The van der Waals surface area contributed by atoms with Crippen molar-refractivity contribution in [1.82, 2.24) is 5.32 Å². The van der Waals surface area contributed by atoms with Crippen LogP contribution in [-0.2, 0) is 11.2 Å². The van der Waals surface area contributed by atoms with E-state index in [1.807, 2.05) is 30.3 Å². The summed E-state index contributed by atoms with van der Waals surface area (Å²) >= 11 is 0. The lowest BCUT2D eigenvalue weighted by molar-refractivity contribution is -0.138. The number of nitriles is 1. The Balaban J connectivity index is 0.000000497. The van der Waals surface area contributed by atoms with E-state index in [0.29, 0.717) is 12.2 Å². The summed E-state index contributed by atoms with van der Waals surface area (Å²) in [5, 5.41) is 34.4. The molecule has 0 aliphatic heterocycles. The fourth-order valence-electron chi connectivity index (χ4n) is 3.15. The average molecular weight is 464 g/mol. The highest BCUT2D eigenvalue weighted by molar-refractivity contribution is 5.75. The predicted octanol–water partition coefficient (Wildman–Crippen LogP) is 4.91. The summed E-state index contributed by atoms with van der Waals surface area (Å²) in [5.41, 5.74) is 2.77. The molecule has 0 amide bonds. The minimum absolute atomic E-state index is 0.0107. The minimum Gasteiger partial charge on any atom is -0.504 e. The quantitative estimate of drug-likeness (QED) is 0.251. The number of anilines is 1. The van der Waals surface area contributed by atoms with Crippen LogP contribution in [0.4, 0.5) is 10.1 Å². The Kier molecular flexibility index (Phi) is 11.1. The van der Waals surface area contributed by atoms with Crippen LogP contribution in [0.15, 0.2) is 72.8 Å². The second kappa shape index (κ2) is 14.3. The van der Waals surface area contributed by atoms with Crippen molar-refractivity contribution in [3.8, 4) is 11.8 Å². The van der Waals surface area contributed by atoms with E-state index in [4.69, 9.17) is 10.4 Å². The van der Waals surface area contributed by atoms with E-state index in [-0.39, 0.29) is 17.1 Å². The molecule has 0 radical (unpaired) electrons. The van der Waals surface area contributed by atoms with Gasteiger partial charge in [0.15, 0.2) is 5.75 Å². The zero-order valence-electron chi connectivity index (χ0n) is 19.2. The number of nitrogens with zero attached hydrogens (tertiary/aromatic N) is 1. The Hall–Kier alpha value is -3.89. The minimum atomic E-state index is -0.816. The van der Waals surface area contributed by atoms with Gasteiger partial charge in [-0.1, -0.05) is 48.5 Å². The topological polar surface area (TPSA) is 105 Å². The summed E-state index contributed by atoms with van der Waals surface area (Å²) in [6.07, 6.45) is 1.70. The molecule has 7 heteroatoms. The van der Waals surface area contributed by atoms with Crippen molar-refractivity contribution in [2.45, 2.75) is 25.7 Å². The van der Waals surface area contributed by atoms with Crippen molar-refractivity contribution in [3.05, 3.63) is 95.3 Å². The number of carboxylic acid groups (broad SMARTS) is 1. The fourth-order valence-corrected chi connectivity index (χ4v) is 3.15. The number of nitrogens with one attached hydrogen (secondary N) is 2. The number of hydrogen-bond donors (Lipinski definition) is 4. The fraction of sp³-hybridized carbons (Fsp3) is 0.259. The van der Waals surface area contributed by atoms with Gasteiger partial charge in [0.1, 0.15) is 11.9 Å². The number of hydrogen-bond acceptors (Lipinski definition) is 5. The highest BCUT2D eigenvalue weighted by Gasteiger charge is 2.13. The molecule has 0 saturated heterocycles. The molecule has 1 atom stereocenters. The first kappa shape index (κ1) is 26.4. The van der Waals surface area contributed by atoms with Crippen LogP contribution in [0.3, 0.4) is 0 Å². The van der Waals surface area contributed by atoms with Crippen LogP contribution in [-0.4, -0.2) is 35.8 Å². The van der Waals surface area contributed by atoms with Gasteiger partial charge < -0.3 is 20.8 Å². The molecule has 3 aromatic carbocycles. The maximum atomic E-state index is 11.9. The number of aromatic hydroxyl groups is 1. The molecule has 4 N–H and O–H groups in total. The third-order valence-corrected chi connectivity index (χ3v) is 5.15. The molecule has 0 aromatic heterocycles. The largest absolute Gasteiger partial charge is 0.504 e. The van der Waals surface area contributed by atoms with Crippen LogP contribution < -0.4 is 10.6 Å². The molecule has 178 valence electrons. The van der Waals surface area contributed by atoms with Gasteiger partial charge >= 0.3 is 5.97 Å². The van der Waals surface area contributed by atoms with Gasteiger partial charge in [0.2, 0.25) is 0 Å². The van der Waals surface area contributed by atoms with Crippen LogP contribution in [0.2, 0.25) is 0 Å². The molecule has 0 heterocycles. The van der Waals surface area contributed by atoms with Crippen molar-refractivity contribution in [1.29, 1.82) is 5.26 Å². The van der Waals surface area contributed by atoms with Gasteiger partial charge in [-0.15, -0.1) is 0 Å². The lowest BCUT2D eigenvalue weighted by Gasteiger charge is -2.11. The molecular weight excluding hydrogens is 433 g/mol. The van der Waals surface area contributed by atoms with Crippen LogP contribution in [0, 0.1) is 17.1 Å². The molecule has 0 spiro atoms. The first-order valence-corrected chi connectivity index (χ1v) is 11.1. The Bertz CT molecular complexity index is 1080. The van der Waals surface area contributed by atoms with Gasteiger partial charge in [0, 0.05) is 6.54 Å². The van der Waals surface area contributed by atoms with Gasteiger partial charge in [-0.05, 0) is 68.2 Å². The number of benzene rings is 3. The van der Waals surface area contributed by atoms with E-state index in [1.54, 1.807) is 43.3 Å². The predicted molar refractivity (Wildman–Crippen MR) is 131 cm³/mol. The number of phenols is 1. The highest BCUT2D eigenvalue weighted by Crippen LogP contribution is 2.26. The molecule has 6 nitrogen and oxygen atoms in total. The number of aliphatic carboxylic acids is 1. The van der Waals surface area contributed by atoms with E-state index < -0.39 is 11.9 Å². The first-order chi connectivity index (χ1) is 16.4. The van der Waals surface area contributed by atoms with E-state index in [1.165, 1.54) is 12.1 Å². The maximum absolute atomic E-state index is 11.9. The first-order valence-electron chi connectivity index (χ1n) is 11.1. The van der Waals surface area contributed by atoms with Crippen LogP contribution in [0.5, 0.6) is 5.75 Å². The van der Waals surface area contributed by atoms with Gasteiger partial charge in [-0.25, -0.2) is 4.39 Å². The summed E-state index contributed by atoms with van der Waals surface area (Å²) < 4.78 is 11.9. The zero-order valence-corrected chi connectivity index (χ0v) is 19.2. The van der Waals surface area contributed by atoms with Crippen molar-refractivity contribution in [2.75, 3.05) is 25.0 Å². The standard InChI is InChI=1S/C21H25N3O3.C6H5F/c1-15(21(26)27)17-6-2-5-16(13-17)9-12-23-10-4-11-24-19-8-3-7-18(14-22)20(19)25;7-6-4-2-1-3-5-6/h2-3,5-8,13,15,23-25H,4,9-12H2,1H3,(H,26,27);1-5H. The Morgan fingerprint density at radius 1 is 1.03 bits per heavy atom. The van der Waals surface area contributed by atoms with Crippen LogP contribution in [0.1, 0.15) is 36.0 Å². The Morgan fingerprint density at radius 3 is 2.41 bits per heavy atom. The van der Waals surface area contributed by atoms with E-state index in [9.17, 15) is 14.3 Å². The number of rotatable bonds is 10. The molecule has 0 bridgehead atoms. The molecular formula is C27H30FN3O3. The molecule has 0 saturated carbocycles. The summed E-state index contributed by atoms with van der Waals surface area (Å²) in [6.45, 7) is 3.99. The second-order valence-electron chi connectivity index (χ2n) is 7.69. The molecule has 0 aliphatic carbocycles. The highest BCUT2D eigenvalue weighted by atomic mass is 19.1. The summed E-state index contributed by atoms with van der Waals surface area (Å²) in [5.74, 6) is -1.50. The Morgan fingerprint density at radius 2 is 1.76 bits per heavy atom. The van der Waals surface area contributed by atoms with Crippen molar-refractivity contribution in [2.24, 2.45) is 0 Å². The molecule has 0 fully saturated rings. The lowest BCUT2D eigenvalue weighted by atomic mass is 9.98. The SMILES string of the molecule is CC(C(=O)O)c1cccc(CCNCCCNc2cccc(C#N)c2O)c1.Fc1ccccc1. The maximum Gasteiger partial charge on any atom is 0.310 e. The summed E-state index contributed by atoms with van der Waals surface area (Å²) in [4.78, 5) is 11.1. The van der Waals surface area contributed by atoms with Gasteiger partial charge in [0.05, 0.1) is 17.2 Å². The zero-order chi connectivity index (χ0) is 24.8. The van der Waals surface area contributed by atoms with E-state index in [0.717, 1.165) is 37.1 Å². The number of phenolic OH excluding ortho intramolecular Hbond substituents is 1. The number of carboxylic acids is 1. The summed E-state index contributed by atoms with van der Waals surface area (Å²) in [7, 11) is 0. The molecule has 3 rings (SSSR count). The van der Waals surface area contributed by atoms with Crippen molar-refractivity contribution in [3.63, 3.8) is 0 Å². The smallest absolute Gasteiger partial charge is 0.310 e. The van der Waals surface area contributed by atoms with Gasteiger partial charge in [-0.3, -0.25) is 4.79 Å².